The maximum Gasteiger partial charge on any atom is 0.120 e. The molecule has 1 unspecified atom stereocenters. The number of benzene rings is 1. The molecule has 3 rings (SSSR count). The molecule has 1 aromatic carbocycles. The van der Waals surface area contributed by atoms with Crippen LogP contribution in [-0.2, 0) is 6.42 Å². The van der Waals surface area contributed by atoms with Gasteiger partial charge in [-0.2, -0.15) is 0 Å². The summed E-state index contributed by atoms with van der Waals surface area (Å²) in [5.74, 6) is 1.92. The third-order valence-corrected chi connectivity index (χ3v) is 4.50. The van der Waals surface area contributed by atoms with E-state index in [1.807, 2.05) is 0 Å². The van der Waals surface area contributed by atoms with Gasteiger partial charge >= 0.3 is 0 Å². The summed E-state index contributed by atoms with van der Waals surface area (Å²) in [6.45, 7) is 2.34. The van der Waals surface area contributed by atoms with Gasteiger partial charge in [-0.05, 0) is 67.7 Å². The quantitative estimate of drug-likeness (QED) is 0.864. The summed E-state index contributed by atoms with van der Waals surface area (Å²) in [5.41, 5.74) is 8.77. The molecule has 1 atom stereocenters. The van der Waals surface area contributed by atoms with Crippen molar-refractivity contribution in [2.24, 2.45) is 11.7 Å². The lowest BCUT2D eigenvalue weighted by atomic mass is 9.89. The zero-order valence-corrected chi connectivity index (χ0v) is 11.2. The molecule has 2 heteroatoms. The van der Waals surface area contributed by atoms with Crippen LogP contribution in [0.25, 0.3) is 0 Å². The van der Waals surface area contributed by atoms with Gasteiger partial charge in [0.25, 0.3) is 0 Å². The number of aryl methyl sites for hydroxylation is 1. The van der Waals surface area contributed by atoms with E-state index in [2.05, 4.69) is 25.1 Å². The maximum atomic E-state index is 6.12. The number of rotatable bonds is 2. The molecule has 2 nitrogen and oxygen atoms in total. The first-order valence-corrected chi connectivity index (χ1v) is 7.27. The normalized spacial score (nSPS) is 31.1. The highest BCUT2D eigenvalue weighted by atomic mass is 16.5. The highest BCUT2D eigenvalue weighted by Crippen LogP contribution is 2.33. The van der Waals surface area contributed by atoms with Crippen LogP contribution < -0.4 is 10.5 Å². The molecule has 2 aliphatic rings. The molecule has 0 amide bonds. The van der Waals surface area contributed by atoms with Gasteiger partial charge in [0.15, 0.2) is 0 Å². The summed E-state index contributed by atoms with van der Waals surface area (Å²) in [6.07, 6.45) is 7.64. The van der Waals surface area contributed by atoms with E-state index in [-0.39, 0.29) is 6.04 Å². The van der Waals surface area contributed by atoms with Gasteiger partial charge in [0.2, 0.25) is 0 Å². The number of ether oxygens (including phenoxy) is 1. The SMILES string of the molecule is CC1CCC(Oc2ccc3c(c2)CCC3N)CC1. The number of hydrogen-bond donors (Lipinski definition) is 1. The molecule has 0 spiro atoms. The Labute approximate surface area is 110 Å². The predicted molar refractivity (Wildman–Crippen MR) is 73.7 cm³/mol. The van der Waals surface area contributed by atoms with E-state index >= 15 is 0 Å². The van der Waals surface area contributed by atoms with Gasteiger partial charge in [-0.15, -0.1) is 0 Å². The smallest absolute Gasteiger partial charge is 0.120 e. The molecule has 1 aromatic rings. The Bertz CT molecular complexity index is 421. The first-order chi connectivity index (χ1) is 8.72. The molecule has 0 bridgehead atoms. The van der Waals surface area contributed by atoms with Crippen molar-refractivity contribution in [2.45, 2.75) is 57.6 Å². The van der Waals surface area contributed by atoms with Crippen molar-refractivity contribution in [1.29, 1.82) is 0 Å². The van der Waals surface area contributed by atoms with Crippen LogP contribution in [0.5, 0.6) is 5.75 Å². The zero-order chi connectivity index (χ0) is 12.5. The lowest BCUT2D eigenvalue weighted by molar-refractivity contribution is 0.135. The van der Waals surface area contributed by atoms with Gasteiger partial charge in [0.1, 0.15) is 5.75 Å². The fourth-order valence-corrected chi connectivity index (χ4v) is 3.24. The predicted octanol–water partition coefficient (Wildman–Crippen LogP) is 3.59. The fourth-order valence-electron chi connectivity index (χ4n) is 3.24. The van der Waals surface area contributed by atoms with Crippen LogP contribution >= 0.6 is 0 Å². The summed E-state index contributed by atoms with van der Waals surface area (Å²) >= 11 is 0. The second-order valence-corrected chi connectivity index (χ2v) is 6.01. The Hall–Kier alpha value is -1.02. The molecule has 1 fully saturated rings. The Kier molecular flexibility index (Phi) is 3.29. The van der Waals surface area contributed by atoms with Crippen molar-refractivity contribution in [3.05, 3.63) is 29.3 Å². The van der Waals surface area contributed by atoms with Gasteiger partial charge in [0.05, 0.1) is 6.10 Å². The topological polar surface area (TPSA) is 35.2 Å². The van der Waals surface area contributed by atoms with Crippen molar-refractivity contribution >= 4 is 0 Å². The monoisotopic (exact) mass is 245 g/mol. The number of hydrogen-bond acceptors (Lipinski definition) is 2. The summed E-state index contributed by atoms with van der Waals surface area (Å²) < 4.78 is 6.12. The molecule has 2 N–H and O–H groups in total. The van der Waals surface area contributed by atoms with Gasteiger partial charge in [-0.1, -0.05) is 13.0 Å². The van der Waals surface area contributed by atoms with Gasteiger partial charge in [0, 0.05) is 6.04 Å². The third kappa shape index (κ3) is 2.39. The average molecular weight is 245 g/mol. The number of nitrogens with two attached hydrogens (primary N) is 1. The van der Waals surface area contributed by atoms with E-state index < -0.39 is 0 Å². The van der Waals surface area contributed by atoms with Crippen molar-refractivity contribution in [3.8, 4) is 5.75 Å². The summed E-state index contributed by atoms with van der Waals surface area (Å²) in [7, 11) is 0. The molecule has 18 heavy (non-hydrogen) atoms. The first kappa shape index (κ1) is 12.0. The van der Waals surface area contributed by atoms with E-state index in [1.165, 1.54) is 36.8 Å². The summed E-state index contributed by atoms with van der Waals surface area (Å²) in [4.78, 5) is 0. The molecule has 0 aliphatic heterocycles. The largest absolute Gasteiger partial charge is 0.490 e. The maximum absolute atomic E-state index is 6.12. The van der Waals surface area contributed by atoms with Gasteiger partial charge in [-0.3, -0.25) is 0 Å². The molecule has 1 saturated carbocycles. The Morgan fingerprint density at radius 1 is 1.11 bits per heavy atom. The van der Waals surface area contributed by atoms with Gasteiger partial charge < -0.3 is 10.5 Å². The summed E-state index contributed by atoms with van der Waals surface area (Å²) in [5, 5.41) is 0. The van der Waals surface area contributed by atoms with Crippen LogP contribution in [0, 0.1) is 5.92 Å². The van der Waals surface area contributed by atoms with E-state index in [0.717, 1.165) is 24.5 Å². The molecular formula is C16H23NO. The van der Waals surface area contributed by atoms with Crippen LogP contribution in [0.2, 0.25) is 0 Å². The lowest BCUT2D eigenvalue weighted by Crippen LogP contribution is -2.23. The van der Waals surface area contributed by atoms with Crippen molar-refractivity contribution in [1.82, 2.24) is 0 Å². The second-order valence-electron chi connectivity index (χ2n) is 6.01. The summed E-state index contributed by atoms with van der Waals surface area (Å²) in [6, 6.07) is 6.71. The fraction of sp³-hybridized carbons (Fsp3) is 0.625. The number of fused-ring (bicyclic) bond motifs is 1. The minimum absolute atomic E-state index is 0.240. The second kappa shape index (κ2) is 4.93. The zero-order valence-electron chi connectivity index (χ0n) is 11.2. The van der Waals surface area contributed by atoms with Crippen molar-refractivity contribution < 1.29 is 4.74 Å². The molecule has 0 aromatic heterocycles. The van der Waals surface area contributed by atoms with Crippen LogP contribution in [0.1, 0.15) is 56.2 Å². The first-order valence-electron chi connectivity index (χ1n) is 7.27. The van der Waals surface area contributed by atoms with E-state index in [0.29, 0.717) is 6.10 Å². The molecular weight excluding hydrogens is 222 g/mol. The molecule has 0 heterocycles. The highest BCUT2D eigenvalue weighted by molar-refractivity contribution is 5.40. The van der Waals surface area contributed by atoms with Crippen molar-refractivity contribution in [3.63, 3.8) is 0 Å². The highest BCUT2D eigenvalue weighted by Gasteiger charge is 2.22. The van der Waals surface area contributed by atoms with E-state index in [9.17, 15) is 0 Å². The minimum atomic E-state index is 0.240. The van der Waals surface area contributed by atoms with E-state index in [4.69, 9.17) is 10.5 Å². The third-order valence-electron chi connectivity index (χ3n) is 4.50. The van der Waals surface area contributed by atoms with E-state index in [1.54, 1.807) is 0 Å². The van der Waals surface area contributed by atoms with Gasteiger partial charge in [-0.25, -0.2) is 0 Å². The van der Waals surface area contributed by atoms with Crippen LogP contribution in [-0.4, -0.2) is 6.10 Å². The molecule has 0 radical (unpaired) electrons. The van der Waals surface area contributed by atoms with Crippen LogP contribution in [0.3, 0.4) is 0 Å². The molecule has 2 aliphatic carbocycles. The Balaban J connectivity index is 1.67. The average Bonchev–Trinajstić information content (AvgIpc) is 2.74. The van der Waals surface area contributed by atoms with Crippen LogP contribution in [0.4, 0.5) is 0 Å². The Morgan fingerprint density at radius 3 is 2.67 bits per heavy atom. The molecule has 0 saturated heterocycles. The van der Waals surface area contributed by atoms with Crippen LogP contribution in [0.15, 0.2) is 18.2 Å². The molecule has 98 valence electrons. The standard InChI is InChI=1S/C16H23NO/c1-11-2-5-13(6-3-11)18-14-7-8-15-12(10-14)4-9-16(15)17/h7-8,10-11,13,16H,2-6,9,17H2,1H3. The minimum Gasteiger partial charge on any atom is -0.490 e. The lowest BCUT2D eigenvalue weighted by Gasteiger charge is -2.27. The van der Waals surface area contributed by atoms with Crippen molar-refractivity contribution in [2.75, 3.05) is 0 Å². The Morgan fingerprint density at radius 2 is 1.89 bits per heavy atom.